The van der Waals surface area contributed by atoms with Crippen LogP contribution in [0.4, 0.5) is 0 Å². The summed E-state index contributed by atoms with van der Waals surface area (Å²) in [7, 11) is 0. The minimum absolute atomic E-state index is 0.391. The van der Waals surface area contributed by atoms with Crippen molar-refractivity contribution in [1.82, 2.24) is 5.32 Å². The largest absolute Gasteiger partial charge is 0.480 e. The Morgan fingerprint density at radius 2 is 2.16 bits per heavy atom. The van der Waals surface area contributed by atoms with E-state index in [0.717, 1.165) is 0 Å². The molecule has 1 rings (SSSR count). The molecule has 0 saturated heterocycles. The Labute approximate surface area is 121 Å². The third-order valence-corrected chi connectivity index (χ3v) is 3.78. The smallest absolute Gasteiger partial charge is 0.326 e. The van der Waals surface area contributed by atoms with Gasteiger partial charge in [0.05, 0.1) is 0 Å². The normalized spacial score (nSPS) is 11.9. The van der Waals surface area contributed by atoms with E-state index in [1.165, 1.54) is 0 Å². The number of carbonyl (C=O) groups is 2. The molecule has 0 aromatic heterocycles. The number of aliphatic carboxylic acids is 1. The van der Waals surface area contributed by atoms with E-state index in [-0.39, 0.29) is 0 Å². The van der Waals surface area contributed by atoms with E-state index in [1.54, 1.807) is 36.9 Å². The average Bonchev–Trinajstić information content (AvgIpc) is 2.37. The van der Waals surface area contributed by atoms with Crippen LogP contribution in [0.5, 0.6) is 0 Å². The Morgan fingerprint density at radius 1 is 1.47 bits per heavy atom. The van der Waals surface area contributed by atoms with Gasteiger partial charge in [-0.15, -0.1) is 0 Å². The minimum Gasteiger partial charge on any atom is -0.480 e. The lowest BCUT2D eigenvalue weighted by molar-refractivity contribution is -0.139. The first-order chi connectivity index (χ1) is 8.97. The fourth-order valence-electron chi connectivity index (χ4n) is 1.58. The number of hydrogen-bond donors (Lipinski definition) is 2. The van der Waals surface area contributed by atoms with E-state index < -0.39 is 17.9 Å². The summed E-state index contributed by atoms with van der Waals surface area (Å²) in [4.78, 5) is 23.1. The molecule has 0 bridgehead atoms. The molecule has 0 radical (unpaired) electrons. The summed E-state index contributed by atoms with van der Waals surface area (Å²) >= 11 is 7.48. The van der Waals surface area contributed by atoms with Gasteiger partial charge in [-0.1, -0.05) is 17.7 Å². The van der Waals surface area contributed by atoms with Gasteiger partial charge in [-0.2, -0.15) is 11.8 Å². The number of benzene rings is 1. The Bertz CT molecular complexity index is 479. The number of carbonyl (C=O) groups excluding carboxylic acids is 1. The molecule has 1 aromatic carbocycles. The summed E-state index contributed by atoms with van der Waals surface area (Å²) in [6, 6.07) is 4.11. The molecule has 1 atom stereocenters. The van der Waals surface area contributed by atoms with Crippen molar-refractivity contribution in [2.75, 3.05) is 12.0 Å². The standard InChI is InChI=1S/C13H16ClNO3S/c1-8-9(4-3-5-10(8)14)12(16)15-11(13(17)18)6-7-19-2/h3-5,11H,6-7H2,1-2H3,(H,15,16)(H,17,18)/t11-/m0/s1. The molecule has 1 aromatic rings. The van der Waals surface area contributed by atoms with E-state index in [2.05, 4.69) is 5.32 Å². The fourth-order valence-corrected chi connectivity index (χ4v) is 2.23. The van der Waals surface area contributed by atoms with E-state index in [9.17, 15) is 9.59 Å². The number of hydrogen-bond acceptors (Lipinski definition) is 3. The van der Waals surface area contributed by atoms with Crippen LogP contribution < -0.4 is 5.32 Å². The van der Waals surface area contributed by atoms with Crippen LogP contribution in [-0.2, 0) is 4.79 Å². The van der Waals surface area contributed by atoms with Gasteiger partial charge in [-0.3, -0.25) is 4.79 Å². The number of carboxylic acid groups (broad SMARTS) is 1. The zero-order valence-corrected chi connectivity index (χ0v) is 12.3. The van der Waals surface area contributed by atoms with Gasteiger partial charge in [0.15, 0.2) is 0 Å². The second kappa shape index (κ2) is 7.40. The van der Waals surface area contributed by atoms with Crippen LogP contribution in [0.15, 0.2) is 18.2 Å². The van der Waals surface area contributed by atoms with Crippen molar-refractivity contribution in [2.24, 2.45) is 0 Å². The van der Waals surface area contributed by atoms with Crippen molar-refractivity contribution >= 4 is 35.2 Å². The van der Waals surface area contributed by atoms with Gasteiger partial charge in [0.2, 0.25) is 0 Å². The van der Waals surface area contributed by atoms with Gasteiger partial charge in [0.25, 0.3) is 5.91 Å². The third-order valence-electron chi connectivity index (χ3n) is 2.73. The predicted octanol–water partition coefficient (Wildman–Crippen LogP) is 2.58. The molecule has 4 nitrogen and oxygen atoms in total. The zero-order chi connectivity index (χ0) is 14.4. The lowest BCUT2D eigenvalue weighted by Crippen LogP contribution is -2.41. The van der Waals surface area contributed by atoms with Crippen LogP contribution in [0.3, 0.4) is 0 Å². The van der Waals surface area contributed by atoms with E-state index in [1.807, 2.05) is 6.26 Å². The number of carboxylic acids is 1. The first kappa shape index (κ1) is 15.9. The number of thioether (sulfide) groups is 1. The molecular weight excluding hydrogens is 286 g/mol. The second-order valence-corrected chi connectivity index (χ2v) is 5.45. The SMILES string of the molecule is CSCC[C@H](NC(=O)c1cccc(Cl)c1C)C(=O)O. The van der Waals surface area contributed by atoms with Crippen molar-refractivity contribution in [3.63, 3.8) is 0 Å². The lowest BCUT2D eigenvalue weighted by Gasteiger charge is -2.15. The number of rotatable bonds is 6. The third kappa shape index (κ3) is 4.44. The number of halogens is 1. The Balaban J connectivity index is 2.82. The molecule has 0 heterocycles. The van der Waals surface area contributed by atoms with Crippen LogP contribution in [0.2, 0.25) is 5.02 Å². The monoisotopic (exact) mass is 301 g/mol. The van der Waals surface area contributed by atoms with Crippen molar-refractivity contribution in [3.05, 3.63) is 34.3 Å². The molecule has 1 amide bonds. The molecule has 104 valence electrons. The van der Waals surface area contributed by atoms with Gasteiger partial charge < -0.3 is 10.4 Å². The molecule has 0 fully saturated rings. The van der Waals surface area contributed by atoms with E-state index in [0.29, 0.717) is 28.3 Å². The molecule has 0 aliphatic carbocycles. The summed E-state index contributed by atoms with van der Waals surface area (Å²) in [5.41, 5.74) is 1.05. The molecule has 0 aliphatic heterocycles. The highest BCUT2D eigenvalue weighted by molar-refractivity contribution is 7.98. The lowest BCUT2D eigenvalue weighted by atomic mass is 10.1. The Kier molecular flexibility index (Phi) is 6.18. The molecule has 0 spiro atoms. The zero-order valence-electron chi connectivity index (χ0n) is 10.8. The van der Waals surface area contributed by atoms with Crippen molar-refractivity contribution in [2.45, 2.75) is 19.4 Å². The molecule has 2 N–H and O–H groups in total. The maximum Gasteiger partial charge on any atom is 0.326 e. The first-order valence-corrected chi connectivity index (χ1v) is 7.52. The second-order valence-electron chi connectivity index (χ2n) is 4.06. The summed E-state index contributed by atoms with van der Waals surface area (Å²) < 4.78 is 0. The maximum atomic E-state index is 12.1. The maximum absolute atomic E-state index is 12.1. The van der Waals surface area contributed by atoms with Gasteiger partial charge in [-0.05, 0) is 43.0 Å². The van der Waals surface area contributed by atoms with Crippen LogP contribution in [-0.4, -0.2) is 35.0 Å². The van der Waals surface area contributed by atoms with E-state index >= 15 is 0 Å². The quantitative estimate of drug-likeness (QED) is 0.847. The highest BCUT2D eigenvalue weighted by Gasteiger charge is 2.21. The molecule has 0 unspecified atom stereocenters. The van der Waals surface area contributed by atoms with Crippen LogP contribution in [0.25, 0.3) is 0 Å². The average molecular weight is 302 g/mol. The molecule has 0 aliphatic rings. The van der Waals surface area contributed by atoms with Crippen molar-refractivity contribution in [3.8, 4) is 0 Å². The number of nitrogens with one attached hydrogen (secondary N) is 1. The highest BCUT2D eigenvalue weighted by atomic mass is 35.5. The van der Waals surface area contributed by atoms with Crippen LogP contribution in [0, 0.1) is 6.92 Å². The van der Waals surface area contributed by atoms with Gasteiger partial charge in [-0.25, -0.2) is 4.79 Å². The van der Waals surface area contributed by atoms with Crippen LogP contribution >= 0.6 is 23.4 Å². The van der Waals surface area contributed by atoms with Gasteiger partial charge >= 0.3 is 5.97 Å². The van der Waals surface area contributed by atoms with Crippen LogP contribution in [0.1, 0.15) is 22.3 Å². The van der Waals surface area contributed by atoms with Gasteiger partial charge in [0, 0.05) is 10.6 Å². The summed E-state index contributed by atoms with van der Waals surface area (Å²) in [6.45, 7) is 1.73. The van der Waals surface area contributed by atoms with Gasteiger partial charge in [0.1, 0.15) is 6.04 Å². The topological polar surface area (TPSA) is 66.4 Å². The minimum atomic E-state index is -1.03. The Morgan fingerprint density at radius 3 is 2.74 bits per heavy atom. The predicted molar refractivity (Wildman–Crippen MR) is 78.1 cm³/mol. The van der Waals surface area contributed by atoms with Crippen molar-refractivity contribution < 1.29 is 14.7 Å². The molecule has 6 heteroatoms. The molecule has 0 saturated carbocycles. The summed E-state index contributed by atoms with van der Waals surface area (Å²) in [5, 5.41) is 12.1. The molecular formula is C13H16ClNO3S. The highest BCUT2D eigenvalue weighted by Crippen LogP contribution is 2.18. The first-order valence-electron chi connectivity index (χ1n) is 5.75. The van der Waals surface area contributed by atoms with Crippen molar-refractivity contribution in [1.29, 1.82) is 0 Å². The number of amides is 1. The fraction of sp³-hybridized carbons (Fsp3) is 0.385. The Hall–Kier alpha value is -1.20. The van der Waals surface area contributed by atoms with E-state index in [4.69, 9.17) is 16.7 Å². The molecule has 19 heavy (non-hydrogen) atoms. The summed E-state index contributed by atoms with van der Waals surface area (Å²) in [6.07, 6.45) is 2.28. The summed E-state index contributed by atoms with van der Waals surface area (Å²) in [5.74, 6) is -0.762.